The summed E-state index contributed by atoms with van der Waals surface area (Å²) in [5, 5.41) is 6.83. The van der Waals surface area contributed by atoms with Crippen LogP contribution in [0.1, 0.15) is 0 Å². The van der Waals surface area contributed by atoms with Gasteiger partial charge in [-0.2, -0.15) is 0 Å². The van der Waals surface area contributed by atoms with Crippen LogP contribution in [-0.4, -0.2) is 24.1 Å². The SMILES string of the molecule is c1ccc(-c2ncnc(-c3ccc4c5c6oc7ccc(-n8c9ccccc9c9ccccc98)cc7c6ccc5n(-c5ccccc5)c4c3)n2)cc1. The maximum atomic E-state index is 6.79. The third kappa shape index (κ3) is 4.14. The van der Waals surface area contributed by atoms with Gasteiger partial charge in [0, 0.05) is 49.4 Å². The van der Waals surface area contributed by atoms with Crippen molar-refractivity contribution in [1.82, 2.24) is 24.1 Å². The maximum Gasteiger partial charge on any atom is 0.163 e. The Bertz CT molecular complexity index is 3080. The summed E-state index contributed by atoms with van der Waals surface area (Å²) < 4.78 is 11.5. The van der Waals surface area contributed by atoms with E-state index in [0.29, 0.717) is 11.6 Å². The lowest BCUT2D eigenvalue weighted by molar-refractivity contribution is 0.673. The lowest BCUT2D eigenvalue weighted by Gasteiger charge is -2.09. The van der Waals surface area contributed by atoms with E-state index in [1.807, 2.05) is 36.4 Å². The van der Waals surface area contributed by atoms with Crippen LogP contribution in [0.15, 0.2) is 168 Å². The Balaban J connectivity index is 1.15. The number of benzene rings is 7. The molecule has 11 rings (SSSR count). The third-order valence-corrected chi connectivity index (χ3v) is 10.1. The van der Waals surface area contributed by atoms with Gasteiger partial charge in [0.05, 0.1) is 27.5 Å². The van der Waals surface area contributed by atoms with Crippen LogP contribution in [0, 0.1) is 0 Å². The molecule has 0 saturated carbocycles. The zero-order chi connectivity index (χ0) is 33.5. The Kier molecular flexibility index (Phi) is 5.86. The molecule has 0 N–H and O–H groups in total. The predicted octanol–water partition coefficient (Wildman–Crippen LogP) is 11.3. The minimum atomic E-state index is 0.627. The molecule has 0 radical (unpaired) electrons. The molecule has 51 heavy (non-hydrogen) atoms. The Morgan fingerprint density at radius 1 is 0.412 bits per heavy atom. The fourth-order valence-corrected chi connectivity index (χ4v) is 7.82. The standard InChI is InChI=1S/C45H27N5O/c1-3-11-28(12-4-1)44-46-27-47-45(48-44)29-19-21-35-40(25-29)49(30-13-5-2-6-14-30)39-23-22-34-36-26-31(20-24-41(36)51-43(34)42(35)39)50-37-17-9-7-15-32(37)33-16-8-10-18-38(33)50/h1-27H. The van der Waals surface area contributed by atoms with Gasteiger partial charge in [-0.05, 0) is 60.7 Å². The summed E-state index contributed by atoms with van der Waals surface area (Å²) in [4.78, 5) is 13.9. The van der Waals surface area contributed by atoms with Crippen LogP contribution in [0.2, 0.25) is 0 Å². The first-order valence-corrected chi connectivity index (χ1v) is 17.0. The highest BCUT2D eigenvalue weighted by atomic mass is 16.3. The number of hydrogen-bond donors (Lipinski definition) is 0. The average Bonchev–Trinajstić information content (AvgIpc) is 3.85. The first kappa shape index (κ1) is 27.9. The average molecular weight is 654 g/mol. The van der Waals surface area contributed by atoms with Crippen molar-refractivity contribution in [3.8, 4) is 34.2 Å². The van der Waals surface area contributed by atoms with Gasteiger partial charge in [-0.25, -0.2) is 15.0 Å². The second-order valence-electron chi connectivity index (χ2n) is 12.9. The van der Waals surface area contributed by atoms with E-state index in [9.17, 15) is 0 Å². The van der Waals surface area contributed by atoms with E-state index in [0.717, 1.165) is 66.2 Å². The van der Waals surface area contributed by atoms with Gasteiger partial charge in [0.15, 0.2) is 11.6 Å². The molecule has 0 aliphatic rings. The van der Waals surface area contributed by atoms with Gasteiger partial charge in [0.2, 0.25) is 0 Å². The molecular weight excluding hydrogens is 627 g/mol. The number of para-hydroxylation sites is 3. The van der Waals surface area contributed by atoms with Crippen LogP contribution in [-0.2, 0) is 0 Å². The van der Waals surface area contributed by atoms with Crippen molar-refractivity contribution in [3.63, 3.8) is 0 Å². The van der Waals surface area contributed by atoms with Crippen molar-refractivity contribution < 1.29 is 4.42 Å². The molecule has 0 aliphatic heterocycles. The van der Waals surface area contributed by atoms with E-state index >= 15 is 0 Å². The van der Waals surface area contributed by atoms with Crippen molar-refractivity contribution in [1.29, 1.82) is 0 Å². The Hall–Kier alpha value is -7.05. The van der Waals surface area contributed by atoms with E-state index in [1.165, 1.54) is 21.8 Å². The summed E-state index contributed by atoms with van der Waals surface area (Å²) in [5.74, 6) is 1.27. The van der Waals surface area contributed by atoms with E-state index in [-0.39, 0.29) is 0 Å². The molecule has 0 bridgehead atoms. The number of aromatic nitrogens is 5. The topological polar surface area (TPSA) is 61.7 Å². The maximum absolute atomic E-state index is 6.79. The molecule has 11 aromatic rings. The lowest BCUT2D eigenvalue weighted by atomic mass is 10.1. The number of furan rings is 1. The summed E-state index contributed by atoms with van der Waals surface area (Å²) in [6.07, 6.45) is 1.59. The fourth-order valence-electron chi connectivity index (χ4n) is 7.82. The highest BCUT2D eigenvalue weighted by molar-refractivity contribution is 6.24. The zero-order valence-corrected chi connectivity index (χ0v) is 27.2. The van der Waals surface area contributed by atoms with Crippen LogP contribution >= 0.6 is 0 Å². The van der Waals surface area contributed by atoms with Crippen LogP contribution < -0.4 is 0 Å². The summed E-state index contributed by atoms with van der Waals surface area (Å²) in [6, 6.07) is 55.2. The van der Waals surface area contributed by atoms with Crippen molar-refractivity contribution in [3.05, 3.63) is 164 Å². The minimum absolute atomic E-state index is 0.627. The molecule has 4 aromatic heterocycles. The van der Waals surface area contributed by atoms with Gasteiger partial charge < -0.3 is 13.6 Å². The van der Waals surface area contributed by atoms with Gasteiger partial charge in [-0.1, -0.05) is 97.1 Å². The number of nitrogens with zero attached hydrogens (tertiary/aromatic N) is 5. The van der Waals surface area contributed by atoms with Crippen molar-refractivity contribution >= 4 is 65.6 Å². The smallest absolute Gasteiger partial charge is 0.163 e. The van der Waals surface area contributed by atoms with Gasteiger partial charge in [0.1, 0.15) is 17.5 Å². The molecule has 0 atom stereocenters. The highest BCUT2D eigenvalue weighted by Gasteiger charge is 2.21. The zero-order valence-electron chi connectivity index (χ0n) is 27.2. The fraction of sp³-hybridized carbons (Fsp3) is 0. The van der Waals surface area contributed by atoms with Crippen LogP contribution in [0.5, 0.6) is 0 Å². The number of fused-ring (bicyclic) bond motifs is 10. The molecule has 6 nitrogen and oxygen atoms in total. The van der Waals surface area contributed by atoms with E-state index in [1.54, 1.807) is 6.33 Å². The first-order chi connectivity index (χ1) is 25.3. The second kappa shape index (κ2) is 10.7. The summed E-state index contributed by atoms with van der Waals surface area (Å²) in [5.41, 5.74) is 10.3. The van der Waals surface area contributed by atoms with Crippen LogP contribution in [0.25, 0.3) is 99.7 Å². The summed E-state index contributed by atoms with van der Waals surface area (Å²) in [6.45, 7) is 0. The highest BCUT2D eigenvalue weighted by Crippen LogP contribution is 2.42. The molecule has 0 saturated heterocycles. The quantitative estimate of drug-likeness (QED) is 0.190. The minimum Gasteiger partial charge on any atom is -0.455 e. The summed E-state index contributed by atoms with van der Waals surface area (Å²) in [7, 11) is 0. The van der Waals surface area contributed by atoms with Crippen LogP contribution in [0.4, 0.5) is 0 Å². The molecule has 7 aromatic carbocycles. The molecule has 0 spiro atoms. The molecule has 0 amide bonds. The first-order valence-electron chi connectivity index (χ1n) is 17.0. The van der Waals surface area contributed by atoms with Gasteiger partial charge in [0.25, 0.3) is 0 Å². The molecule has 0 unspecified atom stereocenters. The molecular formula is C45H27N5O. The van der Waals surface area contributed by atoms with Crippen LogP contribution in [0.3, 0.4) is 0 Å². The largest absolute Gasteiger partial charge is 0.455 e. The van der Waals surface area contributed by atoms with E-state index < -0.39 is 0 Å². The monoisotopic (exact) mass is 653 g/mol. The molecule has 238 valence electrons. The molecule has 0 aliphatic carbocycles. The number of hydrogen-bond acceptors (Lipinski definition) is 4. The van der Waals surface area contributed by atoms with Gasteiger partial charge in [-0.15, -0.1) is 0 Å². The Morgan fingerprint density at radius 3 is 1.82 bits per heavy atom. The van der Waals surface area contributed by atoms with E-state index in [2.05, 4.69) is 140 Å². The normalized spacial score (nSPS) is 11.9. The predicted molar refractivity (Wildman–Crippen MR) is 207 cm³/mol. The molecule has 4 heterocycles. The lowest BCUT2D eigenvalue weighted by Crippen LogP contribution is -1.96. The van der Waals surface area contributed by atoms with Gasteiger partial charge >= 0.3 is 0 Å². The second-order valence-corrected chi connectivity index (χ2v) is 12.9. The number of rotatable bonds is 4. The Labute approximate surface area is 291 Å². The Morgan fingerprint density at radius 2 is 1.06 bits per heavy atom. The summed E-state index contributed by atoms with van der Waals surface area (Å²) >= 11 is 0. The van der Waals surface area contributed by atoms with Gasteiger partial charge in [-0.3, -0.25) is 0 Å². The van der Waals surface area contributed by atoms with Crippen molar-refractivity contribution in [2.24, 2.45) is 0 Å². The third-order valence-electron chi connectivity index (χ3n) is 10.1. The molecule has 0 fully saturated rings. The molecule has 6 heteroatoms. The van der Waals surface area contributed by atoms with Crippen molar-refractivity contribution in [2.45, 2.75) is 0 Å². The van der Waals surface area contributed by atoms with Crippen molar-refractivity contribution in [2.75, 3.05) is 0 Å². The van der Waals surface area contributed by atoms with E-state index in [4.69, 9.17) is 9.40 Å².